The summed E-state index contributed by atoms with van der Waals surface area (Å²) in [6.07, 6.45) is 2.63. The molecule has 4 nitrogen and oxygen atoms in total. The first-order valence-electron chi connectivity index (χ1n) is 7.15. The second-order valence-electron chi connectivity index (χ2n) is 5.44. The van der Waals surface area contributed by atoms with Gasteiger partial charge < -0.3 is 10.6 Å². The molecule has 2 aromatic rings. The Bertz CT molecular complexity index is 607. The number of nitrogens with one attached hydrogen (secondary N) is 2. The lowest BCUT2D eigenvalue weighted by Crippen LogP contribution is -2.25. The van der Waals surface area contributed by atoms with E-state index in [1.165, 1.54) is 11.1 Å². The van der Waals surface area contributed by atoms with Gasteiger partial charge in [0.2, 0.25) is 0 Å². The Kier molecular flexibility index (Phi) is 3.65. The highest BCUT2D eigenvalue weighted by Gasteiger charge is 2.16. The SMILES string of the molecule is CC(C)c1ccccc1Nc1ncnc2c1CNCC2. The second-order valence-corrected chi connectivity index (χ2v) is 5.44. The molecule has 20 heavy (non-hydrogen) atoms. The molecule has 0 saturated heterocycles. The number of rotatable bonds is 3. The number of hydrogen-bond acceptors (Lipinski definition) is 4. The molecule has 0 atom stereocenters. The standard InChI is InChI=1S/C16H20N4/c1-11(2)12-5-3-4-6-15(12)20-16-13-9-17-8-7-14(13)18-10-19-16/h3-6,10-11,17H,7-9H2,1-2H3,(H,18,19,20). The first-order chi connectivity index (χ1) is 9.75. The van der Waals surface area contributed by atoms with Gasteiger partial charge in [-0.1, -0.05) is 32.0 Å². The Morgan fingerprint density at radius 2 is 2.05 bits per heavy atom. The van der Waals surface area contributed by atoms with Crippen molar-refractivity contribution in [1.82, 2.24) is 15.3 Å². The van der Waals surface area contributed by atoms with Crippen LogP contribution in [0.1, 0.15) is 36.6 Å². The fourth-order valence-electron chi connectivity index (χ4n) is 2.62. The quantitative estimate of drug-likeness (QED) is 0.898. The Morgan fingerprint density at radius 1 is 1.20 bits per heavy atom. The van der Waals surface area contributed by atoms with E-state index in [2.05, 4.69) is 58.7 Å². The van der Waals surface area contributed by atoms with Crippen LogP contribution in [0.3, 0.4) is 0 Å². The molecule has 1 aromatic heterocycles. The number of hydrogen-bond donors (Lipinski definition) is 2. The highest BCUT2D eigenvalue weighted by molar-refractivity contribution is 5.64. The van der Waals surface area contributed by atoms with E-state index in [9.17, 15) is 0 Å². The molecule has 3 rings (SSSR count). The molecule has 1 aliphatic heterocycles. The van der Waals surface area contributed by atoms with Crippen LogP contribution in [0, 0.1) is 0 Å². The number of benzene rings is 1. The van der Waals surface area contributed by atoms with Gasteiger partial charge in [-0.15, -0.1) is 0 Å². The lowest BCUT2D eigenvalue weighted by atomic mass is 10.0. The number of aromatic nitrogens is 2. The van der Waals surface area contributed by atoms with Crippen LogP contribution in [0.5, 0.6) is 0 Å². The van der Waals surface area contributed by atoms with Crippen LogP contribution in [-0.4, -0.2) is 16.5 Å². The van der Waals surface area contributed by atoms with E-state index < -0.39 is 0 Å². The largest absolute Gasteiger partial charge is 0.340 e. The van der Waals surface area contributed by atoms with E-state index in [0.717, 1.165) is 36.7 Å². The zero-order valence-corrected chi connectivity index (χ0v) is 12.0. The van der Waals surface area contributed by atoms with Gasteiger partial charge in [0.05, 0.1) is 5.69 Å². The van der Waals surface area contributed by atoms with Gasteiger partial charge in [-0.25, -0.2) is 9.97 Å². The summed E-state index contributed by atoms with van der Waals surface area (Å²) >= 11 is 0. The molecule has 4 heteroatoms. The molecule has 0 amide bonds. The molecule has 0 bridgehead atoms. The van der Waals surface area contributed by atoms with Crippen LogP contribution >= 0.6 is 0 Å². The Balaban J connectivity index is 1.96. The van der Waals surface area contributed by atoms with E-state index in [1.54, 1.807) is 6.33 Å². The minimum atomic E-state index is 0.481. The topological polar surface area (TPSA) is 49.8 Å². The van der Waals surface area contributed by atoms with Crippen molar-refractivity contribution >= 4 is 11.5 Å². The highest BCUT2D eigenvalue weighted by atomic mass is 15.0. The lowest BCUT2D eigenvalue weighted by molar-refractivity contribution is 0.627. The van der Waals surface area contributed by atoms with E-state index in [0.29, 0.717) is 5.92 Å². The first-order valence-corrected chi connectivity index (χ1v) is 7.15. The van der Waals surface area contributed by atoms with Gasteiger partial charge >= 0.3 is 0 Å². The van der Waals surface area contributed by atoms with E-state index in [4.69, 9.17) is 0 Å². The summed E-state index contributed by atoms with van der Waals surface area (Å²) in [7, 11) is 0. The molecule has 104 valence electrons. The molecule has 0 unspecified atom stereocenters. The molecule has 2 N–H and O–H groups in total. The Hall–Kier alpha value is -1.94. The summed E-state index contributed by atoms with van der Waals surface area (Å²) in [4.78, 5) is 8.81. The van der Waals surface area contributed by atoms with Crippen LogP contribution in [0.4, 0.5) is 11.5 Å². The minimum Gasteiger partial charge on any atom is -0.340 e. The maximum absolute atomic E-state index is 4.43. The number of para-hydroxylation sites is 1. The van der Waals surface area contributed by atoms with E-state index >= 15 is 0 Å². The van der Waals surface area contributed by atoms with Crippen molar-refractivity contribution in [2.75, 3.05) is 11.9 Å². The van der Waals surface area contributed by atoms with Crippen molar-refractivity contribution in [3.05, 3.63) is 47.4 Å². The smallest absolute Gasteiger partial charge is 0.138 e. The van der Waals surface area contributed by atoms with Gasteiger partial charge in [-0.3, -0.25) is 0 Å². The Labute approximate surface area is 119 Å². The molecule has 1 aliphatic rings. The van der Waals surface area contributed by atoms with E-state index in [1.807, 2.05) is 0 Å². The third-order valence-corrected chi connectivity index (χ3v) is 3.71. The molecule has 0 saturated carbocycles. The fourth-order valence-corrected chi connectivity index (χ4v) is 2.62. The van der Waals surface area contributed by atoms with Gasteiger partial charge in [-0.05, 0) is 17.5 Å². The summed E-state index contributed by atoms with van der Waals surface area (Å²) in [6, 6.07) is 8.41. The Morgan fingerprint density at radius 3 is 2.90 bits per heavy atom. The maximum Gasteiger partial charge on any atom is 0.138 e. The van der Waals surface area contributed by atoms with Crippen molar-refractivity contribution in [2.24, 2.45) is 0 Å². The van der Waals surface area contributed by atoms with Crippen LogP contribution < -0.4 is 10.6 Å². The molecular formula is C16H20N4. The lowest BCUT2D eigenvalue weighted by Gasteiger charge is -2.20. The molecule has 0 aliphatic carbocycles. The first kappa shape index (κ1) is 13.1. The van der Waals surface area contributed by atoms with Crippen LogP contribution in [0.15, 0.2) is 30.6 Å². The predicted octanol–water partition coefficient (Wildman–Crippen LogP) is 2.99. The van der Waals surface area contributed by atoms with Gasteiger partial charge in [0, 0.05) is 30.8 Å². The van der Waals surface area contributed by atoms with Gasteiger partial charge in [0.25, 0.3) is 0 Å². The normalized spacial score (nSPS) is 14.2. The van der Waals surface area contributed by atoms with Crippen LogP contribution in [0.2, 0.25) is 0 Å². The van der Waals surface area contributed by atoms with Crippen molar-refractivity contribution in [3.8, 4) is 0 Å². The third-order valence-electron chi connectivity index (χ3n) is 3.71. The summed E-state index contributed by atoms with van der Waals surface area (Å²) < 4.78 is 0. The average Bonchev–Trinajstić information content (AvgIpc) is 2.48. The molecule has 2 heterocycles. The maximum atomic E-state index is 4.43. The second kappa shape index (κ2) is 5.59. The average molecular weight is 268 g/mol. The zero-order valence-electron chi connectivity index (χ0n) is 12.0. The molecule has 0 fully saturated rings. The van der Waals surface area contributed by atoms with Crippen molar-refractivity contribution in [2.45, 2.75) is 32.7 Å². The molecule has 1 aromatic carbocycles. The summed E-state index contributed by atoms with van der Waals surface area (Å²) in [6.45, 7) is 6.24. The summed E-state index contributed by atoms with van der Waals surface area (Å²) in [5, 5.41) is 6.88. The summed E-state index contributed by atoms with van der Waals surface area (Å²) in [5.41, 5.74) is 4.79. The number of fused-ring (bicyclic) bond motifs is 1. The third kappa shape index (κ3) is 2.51. The molecule has 0 radical (unpaired) electrons. The minimum absolute atomic E-state index is 0.481. The van der Waals surface area contributed by atoms with Gasteiger partial charge in [0.1, 0.15) is 12.1 Å². The van der Waals surface area contributed by atoms with Crippen molar-refractivity contribution in [3.63, 3.8) is 0 Å². The van der Waals surface area contributed by atoms with Gasteiger partial charge in [0.15, 0.2) is 0 Å². The van der Waals surface area contributed by atoms with Gasteiger partial charge in [-0.2, -0.15) is 0 Å². The molecular weight excluding hydrogens is 248 g/mol. The predicted molar refractivity (Wildman–Crippen MR) is 81.3 cm³/mol. The summed E-state index contributed by atoms with van der Waals surface area (Å²) in [5.74, 6) is 1.41. The van der Waals surface area contributed by atoms with Crippen LogP contribution in [-0.2, 0) is 13.0 Å². The van der Waals surface area contributed by atoms with E-state index in [-0.39, 0.29) is 0 Å². The van der Waals surface area contributed by atoms with Crippen molar-refractivity contribution < 1.29 is 0 Å². The number of anilines is 2. The molecule has 0 spiro atoms. The van der Waals surface area contributed by atoms with Crippen LogP contribution in [0.25, 0.3) is 0 Å². The fraction of sp³-hybridized carbons (Fsp3) is 0.375. The highest BCUT2D eigenvalue weighted by Crippen LogP contribution is 2.28. The van der Waals surface area contributed by atoms with Crippen molar-refractivity contribution in [1.29, 1.82) is 0 Å². The number of nitrogens with zero attached hydrogens (tertiary/aromatic N) is 2. The zero-order chi connectivity index (χ0) is 13.9. The monoisotopic (exact) mass is 268 g/mol.